The number of hydrogen-bond donors (Lipinski definition) is 1. The lowest BCUT2D eigenvalue weighted by Gasteiger charge is -2.13. The first kappa shape index (κ1) is 12.9. The Bertz CT molecular complexity index is 269. The Labute approximate surface area is 93.1 Å². The van der Waals surface area contributed by atoms with Crippen molar-refractivity contribution in [1.82, 2.24) is 9.62 Å². The van der Waals surface area contributed by atoms with Gasteiger partial charge in [0.1, 0.15) is 0 Å². The van der Waals surface area contributed by atoms with Crippen molar-refractivity contribution in [3.63, 3.8) is 0 Å². The molecule has 0 atom stereocenters. The summed E-state index contributed by atoms with van der Waals surface area (Å²) in [6.07, 6.45) is 5.27. The molecule has 0 bridgehead atoms. The van der Waals surface area contributed by atoms with E-state index in [0.29, 0.717) is 6.54 Å². The van der Waals surface area contributed by atoms with Gasteiger partial charge in [-0.3, -0.25) is 0 Å². The maximum atomic E-state index is 11.4. The summed E-state index contributed by atoms with van der Waals surface area (Å²) < 4.78 is 24.1. The predicted octanol–water partition coefficient (Wildman–Crippen LogP) is 0.658. The van der Waals surface area contributed by atoms with Crippen LogP contribution in [0.2, 0.25) is 0 Å². The number of hydrogen-bond acceptors (Lipinski definition) is 3. The zero-order valence-electron chi connectivity index (χ0n) is 9.70. The fourth-order valence-electron chi connectivity index (χ4n) is 1.90. The van der Waals surface area contributed by atoms with Crippen LogP contribution >= 0.6 is 0 Å². The molecular weight excluding hydrogens is 212 g/mol. The molecule has 0 saturated heterocycles. The molecule has 1 aliphatic carbocycles. The zero-order chi connectivity index (χ0) is 11.3. The summed E-state index contributed by atoms with van der Waals surface area (Å²) in [7, 11) is 0.128. The molecule has 0 spiro atoms. The molecule has 1 fully saturated rings. The smallest absolute Gasteiger partial charge is 0.214 e. The summed E-state index contributed by atoms with van der Waals surface area (Å²) in [4.78, 5) is 0. The van der Waals surface area contributed by atoms with E-state index in [-0.39, 0.29) is 5.75 Å². The van der Waals surface area contributed by atoms with Crippen molar-refractivity contribution in [3.05, 3.63) is 0 Å². The second kappa shape index (κ2) is 5.82. The average Bonchev–Trinajstić information content (AvgIpc) is 2.64. The highest BCUT2D eigenvalue weighted by Crippen LogP contribution is 2.23. The van der Waals surface area contributed by atoms with Gasteiger partial charge in [0.25, 0.3) is 0 Å². The standard InChI is InChI=1S/C10H22N2O2S/c1-12(2)15(13,14)8-7-11-9-10-5-3-4-6-10/h10-11H,3-9H2,1-2H3. The fraction of sp³-hybridized carbons (Fsp3) is 1.00. The first-order valence-corrected chi connectivity index (χ1v) is 7.24. The second-order valence-electron chi connectivity index (χ2n) is 4.45. The SMILES string of the molecule is CN(C)S(=O)(=O)CCNCC1CCCC1. The Balaban J connectivity index is 2.11. The van der Waals surface area contributed by atoms with E-state index in [1.807, 2.05) is 0 Å². The molecule has 0 aromatic carbocycles. The number of sulfonamides is 1. The van der Waals surface area contributed by atoms with Gasteiger partial charge in [0.05, 0.1) is 5.75 Å². The van der Waals surface area contributed by atoms with Crippen LogP contribution in [-0.4, -0.2) is 45.7 Å². The Morgan fingerprint density at radius 1 is 1.27 bits per heavy atom. The van der Waals surface area contributed by atoms with E-state index in [9.17, 15) is 8.42 Å². The predicted molar refractivity (Wildman–Crippen MR) is 62.3 cm³/mol. The molecule has 5 heteroatoms. The van der Waals surface area contributed by atoms with Crippen molar-refractivity contribution in [3.8, 4) is 0 Å². The van der Waals surface area contributed by atoms with Crippen LogP contribution in [-0.2, 0) is 10.0 Å². The molecule has 1 aliphatic rings. The Kier molecular flexibility index (Phi) is 5.02. The van der Waals surface area contributed by atoms with Crippen LogP contribution < -0.4 is 5.32 Å². The van der Waals surface area contributed by atoms with Crippen LogP contribution in [0.3, 0.4) is 0 Å². The molecule has 0 unspecified atom stereocenters. The Morgan fingerprint density at radius 3 is 2.40 bits per heavy atom. The van der Waals surface area contributed by atoms with Gasteiger partial charge in [0.2, 0.25) is 10.0 Å². The zero-order valence-corrected chi connectivity index (χ0v) is 10.5. The summed E-state index contributed by atoms with van der Waals surface area (Å²) in [5.41, 5.74) is 0. The Hall–Kier alpha value is -0.130. The average molecular weight is 234 g/mol. The minimum atomic E-state index is -3.02. The van der Waals surface area contributed by atoms with Crippen molar-refractivity contribution in [2.45, 2.75) is 25.7 Å². The highest BCUT2D eigenvalue weighted by molar-refractivity contribution is 7.89. The van der Waals surface area contributed by atoms with E-state index in [0.717, 1.165) is 12.5 Å². The fourth-order valence-corrected chi connectivity index (χ4v) is 2.67. The van der Waals surface area contributed by atoms with Gasteiger partial charge in [-0.1, -0.05) is 12.8 Å². The van der Waals surface area contributed by atoms with Crippen LogP contribution in [0.25, 0.3) is 0 Å². The quantitative estimate of drug-likeness (QED) is 0.687. The van der Waals surface area contributed by atoms with Crippen LogP contribution in [0.1, 0.15) is 25.7 Å². The monoisotopic (exact) mass is 234 g/mol. The topological polar surface area (TPSA) is 49.4 Å². The van der Waals surface area contributed by atoms with E-state index >= 15 is 0 Å². The highest BCUT2D eigenvalue weighted by atomic mass is 32.2. The molecular formula is C10H22N2O2S. The molecule has 0 heterocycles. The number of nitrogens with zero attached hydrogens (tertiary/aromatic N) is 1. The van der Waals surface area contributed by atoms with Crippen LogP contribution in [0, 0.1) is 5.92 Å². The van der Waals surface area contributed by atoms with Crippen molar-refractivity contribution < 1.29 is 8.42 Å². The maximum absolute atomic E-state index is 11.4. The minimum absolute atomic E-state index is 0.201. The summed E-state index contributed by atoms with van der Waals surface area (Å²) in [5.74, 6) is 0.972. The van der Waals surface area contributed by atoms with Crippen molar-refractivity contribution in [2.24, 2.45) is 5.92 Å². The largest absolute Gasteiger partial charge is 0.315 e. The number of nitrogens with one attached hydrogen (secondary N) is 1. The van der Waals surface area contributed by atoms with Gasteiger partial charge in [-0.15, -0.1) is 0 Å². The first-order chi connectivity index (χ1) is 7.02. The van der Waals surface area contributed by atoms with E-state index < -0.39 is 10.0 Å². The van der Waals surface area contributed by atoms with Gasteiger partial charge in [0, 0.05) is 20.6 Å². The molecule has 90 valence electrons. The molecule has 1 saturated carbocycles. The molecule has 15 heavy (non-hydrogen) atoms. The van der Waals surface area contributed by atoms with Gasteiger partial charge in [0.15, 0.2) is 0 Å². The molecule has 0 amide bonds. The van der Waals surface area contributed by atoms with E-state index in [4.69, 9.17) is 0 Å². The summed E-state index contributed by atoms with van der Waals surface area (Å²) in [6.45, 7) is 1.54. The van der Waals surface area contributed by atoms with E-state index in [1.165, 1.54) is 30.0 Å². The van der Waals surface area contributed by atoms with E-state index in [1.54, 1.807) is 14.1 Å². The van der Waals surface area contributed by atoms with Gasteiger partial charge >= 0.3 is 0 Å². The third-order valence-electron chi connectivity index (χ3n) is 3.00. The molecule has 0 radical (unpaired) electrons. The number of rotatable bonds is 6. The molecule has 4 nitrogen and oxygen atoms in total. The first-order valence-electron chi connectivity index (χ1n) is 5.63. The van der Waals surface area contributed by atoms with Gasteiger partial charge in [-0.2, -0.15) is 0 Å². The van der Waals surface area contributed by atoms with Crippen LogP contribution in [0.15, 0.2) is 0 Å². The molecule has 0 aliphatic heterocycles. The lowest BCUT2D eigenvalue weighted by atomic mass is 10.1. The lowest BCUT2D eigenvalue weighted by Crippen LogP contribution is -2.32. The molecule has 0 aromatic heterocycles. The molecule has 0 aromatic rings. The maximum Gasteiger partial charge on any atom is 0.214 e. The third kappa shape index (κ3) is 4.49. The molecule has 1 rings (SSSR count). The van der Waals surface area contributed by atoms with Gasteiger partial charge < -0.3 is 5.32 Å². The van der Waals surface area contributed by atoms with Crippen molar-refractivity contribution in [1.29, 1.82) is 0 Å². The van der Waals surface area contributed by atoms with Crippen LogP contribution in [0.4, 0.5) is 0 Å². The normalized spacial score (nSPS) is 18.9. The van der Waals surface area contributed by atoms with E-state index in [2.05, 4.69) is 5.32 Å². The Morgan fingerprint density at radius 2 is 1.87 bits per heavy atom. The summed E-state index contributed by atoms with van der Waals surface area (Å²) >= 11 is 0. The minimum Gasteiger partial charge on any atom is -0.315 e. The van der Waals surface area contributed by atoms with Gasteiger partial charge in [-0.05, 0) is 25.3 Å². The van der Waals surface area contributed by atoms with Crippen molar-refractivity contribution >= 4 is 10.0 Å². The van der Waals surface area contributed by atoms with Crippen LogP contribution in [0.5, 0.6) is 0 Å². The summed E-state index contributed by atoms with van der Waals surface area (Å²) in [5, 5.41) is 3.23. The lowest BCUT2D eigenvalue weighted by molar-refractivity contribution is 0.489. The van der Waals surface area contributed by atoms with Crippen molar-refractivity contribution in [2.75, 3.05) is 32.9 Å². The second-order valence-corrected chi connectivity index (χ2v) is 6.76. The third-order valence-corrected chi connectivity index (χ3v) is 4.83. The van der Waals surface area contributed by atoms with Gasteiger partial charge in [-0.25, -0.2) is 12.7 Å². The molecule has 1 N–H and O–H groups in total. The highest BCUT2D eigenvalue weighted by Gasteiger charge is 2.16. The summed E-state index contributed by atoms with van der Waals surface area (Å²) in [6, 6.07) is 0.